The van der Waals surface area contributed by atoms with Crippen molar-refractivity contribution in [1.82, 2.24) is 5.32 Å². The number of carbonyl (C=O) groups is 1. The van der Waals surface area contributed by atoms with Crippen LogP contribution in [0.5, 0.6) is 0 Å². The Balaban J connectivity index is 2.48. The Hall–Kier alpha value is -1.48. The van der Waals surface area contributed by atoms with E-state index < -0.39 is 75.2 Å². The van der Waals surface area contributed by atoms with Gasteiger partial charge in [-0.25, -0.2) is 4.57 Å². The molecule has 1 amide bonds. The van der Waals surface area contributed by atoms with Gasteiger partial charge in [0.2, 0.25) is 5.91 Å². The summed E-state index contributed by atoms with van der Waals surface area (Å²) in [6, 6.07) is -1.26. The van der Waals surface area contributed by atoms with Crippen molar-refractivity contribution in [2.24, 2.45) is 0 Å². The van der Waals surface area contributed by atoms with Gasteiger partial charge in [0.25, 0.3) is 0 Å². The molecule has 0 aromatic heterocycles. The Morgan fingerprint density at radius 1 is 0.515 bits per heavy atom. The standard InChI is InChI=1S/C54H102NO12P/c1-3-5-7-9-11-13-15-17-19-21-23-25-27-29-31-33-35-37-39-41-45(56)43-48(58)55-46(44-66-68(64,65)67-54-52(62)50(60)49(59)51(61)53(54)63)47(57)42-40-38-36-34-32-30-28-26-24-22-20-18-16-14-12-10-8-6-4-2/h25,27,32,34,40,42,45-47,49-54,56-57,59-63H,3-24,26,28-31,33,35-39,41,43-44H2,1-2H3,(H,55,58)(H,64,65)/b27-25-,34-32+,42-40+. The lowest BCUT2D eigenvalue weighted by atomic mass is 9.85. The van der Waals surface area contributed by atoms with Gasteiger partial charge in [0.1, 0.15) is 36.6 Å². The topological polar surface area (TPSA) is 226 Å². The molecule has 0 radical (unpaired) electrons. The summed E-state index contributed by atoms with van der Waals surface area (Å²) in [5, 5.41) is 74.7. The third-order valence-corrected chi connectivity index (χ3v) is 14.2. The molecule has 1 aliphatic carbocycles. The van der Waals surface area contributed by atoms with Gasteiger partial charge in [-0.05, 0) is 57.8 Å². The summed E-state index contributed by atoms with van der Waals surface area (Å²) in [5.41, 5.74) is 0. The molecular formula is C54H102NO12P. The van der Waals surface area contributed by atoms with Crippen molar-refractivity contribution in [3.8, 4) is 0 Å². The molecule has 9 N–H and O–H groups in total. The van der Waals surface area contributed by atoms with Gasteiger partial charge in [-0.2, -0.15) is 0 Å². The molecular weight excluding hydrogens is 886 g/mol. The van der Waals surface area contributed by atoms with Gasteiger partial charge < -0.3 is 46.0 Å². The van der Waals surface area contributed by atoms with Crippen LogP contribution in [0.1, 0.15) is 239 Å². The maximum Gasteiger partial charge on any atom is 0.472 e. The molecule has 1 rings (SSSR count). The number of rotatable bonds is 46. The lowest BCUT2D eigenvalue weighted by molar-refractivity contribution is -0.220. The molecule has 0 bridgehead atoms. The van der Waals surface area contributed by atoms with E-state index in [0.29, 0.717) is 12.8 Å². The number of aliphatic hydroxyl groups excluding tert-OH is 7. The zero-order valence-corrected chi connectivity index (χ0v) is 43.7. The first-order valence-corrected chi connectivity index (χ1v) is 29.0. The second kappa shape index (κ2) is 43.1. The van der Waals surface area contributed by atoms with Crippen LogP contribution in [0.4, 0.5) is 0 Å². The highest BCUT2D eigenvalue weighted by Crippen LogP contribution is 2.47. The number of allylic oxidation sites excluding steroid dienone is 5. The third kappa shape index (κ3) is 34.0. The minimum atomic E-state index is -5.16. The molecule has 8 atom stereocenters. The lowest BCUT2D eigenvalue weighted by Crippen LogP contribution is -2.64. The fourth-order valence-corrected chi connectivity index (χ4v) is 9.69. The molecule has 68 heavy (non-hydrogen) atoms. The number of phosphoric ester groups is 1. The van der Waals surface area contributed by atoms with E-state index in [1.807, 2.05) is 0 Å². The highest BCUT2D eigenvalue weighted by molar-refractivity contribution is 7.47. The third-order valence-electron chi connectivity index (χ3n) is 13.2. The van der Waals surface area contributed by atoms with Crippen LogP contribution >= 0.6 is 7.82 Å². The zero-order valence-electron chi connectivity index (χ0n) is 42.8. The summed E-state index contributed by atoms with van der Waals surface area (Å²) in [5.74, 6) is -0.605. The summed E-state index contributed by atoms with van der Waals surface area (Å²) in [6.45, 7) is 3.76. The highest BCUT2D eigenvalue weighted by atomic mass is 31.2. The molecule has 400 valence electrons. The van der Waals surface area contributed by atoms with Crippen LogP contribution < -0.4 is 5.32 Å². The first kappa shape index (κ1) is 64.5. The number of amides is 1. The molecule has 0 heterocycles. The van der Waals surface area contributed by atoms with Gasteiger partial charge >= 0.3 is 7.82 Å². The number of nitrogens with one attached hydrogen (secondary N) is 1. The first-order chi connectivity index (χ1) is 32.8. The van der Waals surface area contributed by atoms with E-state index in [2.05, 4.69) is 43.5 Å². The normalized spacial score (nSPS) is 22.3. The molecule has 0 spiro atoms. The molecule has 8 unspecified atom stereocenters. The van der Waals surface area contributed by atoms with Gasteiger partial charge in [0.05, 0.1) is 31.3 Å². The largest absolute Gasteiger partial charge is 0.472 e. The van der Waals surface area contributed by atoms with E-state index in [1.54, 1.807) is 6.08 Å². The summed E-state index contributed by atoms with van der Waals surface area (Å²) in [4.78, 5) is 23.5. The second-order valence-corrected chi connectivity index (χ2v) is 21.0. The van der Waals surface area contributed by atoms with Crippen molar-refractivity contribution in [2.45, 2.75) is 293 Å². The van der Waals surface area contributed by atoms with Crippen LogP contribution in [-0.2, 0) is 18.4 Å². The van der Waals surface area contributed by atoms with Crippen LogP contribution in [-0.4, -0.2) is 108 Å². The predicted molar refractivity (Wildman–Crippen MR) is 275 cm³/mol. The van der Waals surface area contributed by atoms with Crippen LogP contribution in [0.3, 0.4) is 0 Å². The average Bonchev–Trinajstić information content (AvgIpc) is 3.31. The Kier molecular flexibility index (Phi) is 40.9. The number of phosphoric acid groups is 1. The Morgan fingerprint density at radius 2 is 0.868 bits per heavy atom. The van der Waals surface area contributed by atoms with E-state index in [0.717, 1.165) is 64.2 Å². The van der Waals surface area contributed by atoms with Gasteiger partial charge in [-0.3, -0.25) is 13.8 Å². The van der Waals surface area contributed by atoms with Gasteiger partial charge in [-0.1, -0.05) is 211 Å². The quantitative estimate of drug-likeness (QED) is 0.0158. The number of unbranched alkanes of at least 4 members (excludes halogenated alkanes) is 29. The van der Waals surface area contributed by atoms with Crippen LogP contribution in [0.15, 0.2) is 36.5 Å². The first-order valence-electron chi connectivity index (χ1n) is 27.5. The van der Waals surface area contributed by atoms with Crippen LogP contribution in [0.2, 0.25) is 0 Å². The van der Waals surface area contributed by atoms with E-state index >= 15 is 0 Å². The summed E-state index contributed by atoms with van der Waals surface area (Å²) in [7, 11) is -5.16. The van der Waals surface area contributed by atoms with Crippen LogP contribution in [0.25, 0.3) is 0 Å². The number of carbonyl (C=O) groups excluding carboxylic acids is 1. The zero-order chi connectivity index (χ0) is 50.1. The van der Waals surface area contributed by atoms with Crippen molar-refractivity contribution in [2.75, 3.05) is 6.61 Å². The predicted octanol–water partition coefficient (Wildman–Crippen LogP) is 10.9. The summed E-state index contributed by atoms with van der Waals surface area (Å²) < 4.78 is 23.0. The molecule has 0 aromatic carbocycles. The lowest BCUT2D eigenvalue weighted by Gasteiger charge is -2.41. The maximum atomic E-state index is 13.1. The number of hydrogen-bond acceptors (Lipinski definition) is 11. The Bertz CT molecular complexity index is 1300. The molecule has 1 fully saturated rings. The fourth-order valence-electron chi connectivity index (χ4n) is 8.72. The fraction of sp³-hybridized carbons (Fsp3) is 0.870. The van der Waals surface area contributed by atoms with Gasteiger partial charge in [0, 0.05) is 0 Å². The van der Waals surface area contributed by atoms with Crippen molar-refractivity contribution in [1.29, 1.82) is 0 Å². The van der Waals surface area contributed by atoms with E-state index in [9.17, 15) is 50.0 Å². The van der Waals surface area contributed by atoms with E-state index in [4.69, 9.17) is 9.05 Å². The van der Waals surface area contributed by atoms with Gasteiger partial charge in [0.15, 0.2) is 0 Å². The molecule has 14 heteroatoms. The SMILES string of the molecule is CCCCCCCCCCCC/C=C\CCCCCCCC(O)CC(=O)NC(COP(=O)(O)OC1C(O)C(O)C(O)C(O)C1O)C(O)/C=C/CC/C=C/CCCCCCCCCCCCCCC. The minimum absolute atomic E-state index is 0.257. The molecule has 13 nitrogen and oxygen atoms in total. The smallest absolute Gasteiger partial charge is 0.393 e. The van der Waals surface area contributed by atoms with Crippen molar-refractivity contribution < 1.29 is 59.0 Å². The second-order valence-electron chi connectivity index (χ2n) is 19.6. The summed E-state index contributed by atoms with van der Waals surface area (Å²) >= 11 is 0. The van der Waals surface area contributed by atoms with Crippen molar-refractivity contribution >= 4 is 13.7 Å². The van der Waals surface area contributed by atoms with E-state index in [1.165, 1.54) is 147 Å². The van der Waals surface area contributed by atoms with Gasteiger partial charge in [-0.15, -0.1) is 0 Å². The monoisotopic (exact) mass is 988 g/mol. The van der Waals surface area contributed by atoms with Crippen molar-refractivity contribution in [3.63, 3.8) is 0 Å². The van der Waals surface area contributed by atoms with E-state index in [-0.39, 0.29) is 6.42 Å². The Labute approximate surface area is 413 Å². The minimum Gasteiger partial charge on any atom is -0.393 e. The molecule has 0 aromatic rings. The van der Waals surface area contributed by atoms with Crippen LogP contribution in [0, 0.1) is 0 Å². The van der Waals surface area contributed by atoms with Crippen molar-refractivity contribution in [3.05, 3.63) is 36.5 Å². The number of hydrogen-bond donors (Lipinski definition) is 9. The maximum absolute atomic E-state index is 13.1. The highest BCUT2D eigenvalue weighted by Gasteiger charge is 2.51. The molecule has 0 saturated heterocycles. The molecule has 1 aliphatic rings. The number of aliphatic hydroxyl groups is 7. The molecule has 0 aliphatic heterocycles. The average molecular weight is 988 g/mol. The molecule has 1 saturated carbocycles. The summed E-state index contributed by atoms with van der Waals surface area (Å²) in [6.07, 6.45) is 38.0. The Morgan fingerprint density at radius 3 is 1.29 bits per heavy atom.